The van der Waals surface area contributed by atoms with Crippen molar-refractivity contribution in [3.8, 4) is 17.1 Å². The number of aromatic nitrogens is 2. The first kappa shape index (κ1) is 25.2. The van der Waals surface area contributed by atoms with E-state index in [0.29, 0.717) is 26.9 Å². The van der Waals surface area contributed by atoms with Gasteiger partial charge in [0.05, 0.1) is 20.8 Å². The van der Waals surface area contributed by atoms with Crippen LogP contribution in [0.15, 0.2) is 39.9 Å². The molecule has 2 aromatic rings. The van der Waals surface area contributed by atoms with Crippen molar-refractivity contribution in [3.05, 3.63) is 35.8 Å². The fraction of sp³-hybridized carbons (Fsp3) is 0.474. The zero-order valence-electron chi connectivity index (χ0n) is 17.2. The number of hydrogen-bond donors (Lipinski definition) is 0. The van der Waals surface area contributed by atoms with Crippen molar-refractivity contribution in [1.29, 1.82) is 0 Å². The zero-order chi connectivity index (χ0) is 23.2. The standard InChI is InChI=1S/C19H23F4N3O3S2/c1-4-30-16-9-13(25-31(28,5-2)6-3)11-26(27)17(16)15-8-7-14(10-24-15)29-12-19(22,23)18(20)21/h7-11,18H,4-6,12H2,1-3H3. The lowest BCUT2D eigenvalue weighted by atomic mass is 10.2. The molecule has 2 heterocycles. The molecule has 0 aliphatic rings. The molecule has 31 heavy (non-hydrogen) atoms. The van der Waals surface area contributed by atoms with Crippen molar-refractivity contribution in [2.75, 3.05) is 23.9 Å². The number of alkyl halides is 4. The number of halogens is 4. The van der Waals surface area contributed by atoms with Gasteiger partial charge in [-0.1, -0.05) is 20.8 Å². The van der Waals surface area contributed by atoms with E-state index < -0.39 is 28.7 Å². The van der Waals surface area contributed by atoms with Crippen LogP contribution in [0, 0.1) is 5.21 Å². The molecule has 0 saturated heterocycles. The Morgan fingerprint density at radius 3 is 2.48 bits per heavy atom. The molecule has 0 radical (unpaired) electrons. The van der Waals surface area contributed by atoms with E-state index >= 15 is 0 Å². The lowest BCUT2D eigenvalue weighted by Gasteiger charge is -2.16. The zero-order valence-corrected chi connectivity index (χ0v) is 18.8. The highest BCUT2D eigenvalue weighted by Gasteiger charge is 2.41. The molecule has 0 aliphatic carbocycles. The number of nitrogens with zero attached hydrogens (tertiary/aromatic N) is 3. The van der Waals surface area contributed by atoms with E-state index in [0.717, 1.165) is 6.20 Å². The first-order valence-corrected chi connectivity index (χ1v) is 12.3. The van der Waals surface area contributed by atoms with Crippen LogP contribution in [0.5, 0.6) is 5.75 Å². The van der Waals surface area contributed by atoms with Gasteiger partial charge in [-0.25, -0.2) is 18.0 Å². The van der Waals surface area contributed by atoms with Crippen LogP contribution in [-0.4, -0.2) is 45.4 Å². The van der Waals surface area contributed by atoms with Crippen molar-refractivity contribution in [2.45, 2.75) is 38.0 Å². The van der Waals surface area contributed by atoms with Crippen LogP contribution in [0.2, 0.25) is 0 Å². The quantitative estimate of drug-likeness (QED) is 0.209. The normalized spacial score (nSPS) is 12.3. The maximum atomic E-state index is 13.0. The second-order valence-electron chi connectivity index (χ2n) is 6.34. The minimum Gasteiger partial charge on any atom is -0.618 e. The molecule has 6 nitrogen and oxygen atoms in total. The third-order valence-electron chi connectivity index (χ3n) is 4.19. The van der Waals surface area contributed by atoms with Crippen LogP contribution in [0.3, 0.4) is 0 Å². The van der Waals surface area contributed by atoms with Crippen molar-refractivity contribution in [3.63, 3.8) is 0 Å². The third-order valence-corrected chi connectivity index (χ3v) is 7.44. The van der Waals surface area contributed by atoms with Gasteiger partial charge in [-0.05, 0) is 24.0 Å². The van der Waals surface area contributed by atoms with Crippen LogP contribution in [0.4, 0.5) is 23.2 Å². The van der Waals surface area contributed by atoms with Gasteiger partial charge >= 0.3 is 12.3 Å². The molecular weight excluding hydrogens is 458 g/mol. The largest absolute Gasteiger partial charge is 0.618 e. The Morgan fingerprint density at radius 2 is 1.97 bits per heavy atom. The maximum absolute atomic E-state index is 13.0. The van der Waals surface area contributed by atoms with Crippen LogP contribution in [-0.2, 0) is 9.73 Å². The van der Waals surface area contributed by atoms with Crippen molar-refractivity contribution in [2.24, 2.45) is 4.36 Å². The van der Waals surface area contributed by atoms with Crippen LogP contribution >= 0.6 is 11.8 Å². The number of hydrogen-bond acceptors (Lipinski definition) is 6. The molecule has 2 rings (SSSR count). The Morgan fingerprint density at radius 1 is 1.29 bits per heavy atom. The molecule has 0 aromatic carbocycles. The number of rotatable bonds is 10. The Balaban J connectivity index is 2.38. The topological polar surface area (TPSA) is 78.5 Å². The fourth-order valence-electron chi connectivity index (χ4n) is 2.46. The lowest BCUT2D eigenvalue weighted by Crippen LogP contribution is -2.33. The predicted octanol–water partition coefficient (Wildman–Crippen LogP) is 4.91. The average molecular weight is 482 g/mol. The first-order valence-electron chi connectivity index (χ1n) is 9.43. The summed E-state index contributed by atoms with van der Waals surface area (Å²) in [7, 11) is -2.46. The molecule has 0 spiro atoms. The van der Waals surface area contributed by atoms with Gasteiger partial charge in [0, 0.05) is 11.5 Å². The lowest BCUT2D eigenvalue weighted by molar-refractivity contribution is -0.595. The molecule has 12 heteroatoms. The molecule has 0 fully saturated rings. The smallest absolute Gasteiger partial charge is 0.340 e. The monoisotopic (exact) mass is 481 g/mol. The third kappa shape index (κ3) is 6.45. The molecule has 0 aliphatic heterocycles. The van der Waals surface area contributed by atoms with Gasteiger partial charge in [0.1, 0.15) is 17.1 Å². The molecule has 172 valence electrons. The number of thioether (sulfide) groups is 1. The molecule has 0 bridgehead atoms. The second kappa shape index (κ2) is 10.5. The Kier molecular flexibility index (Phi) is 8.52. The van der Waals surface area contributed by atoms with Crippen LogP contribution < -0.4 is 9.47 Å². The van der Waals surface area contributed by atoms with E-state index in [1.54, 1.807) is 19.9 Å². The van der Waals surface area contributed by atoms with E-state index in [-0.39, 0.29) is 22.8 Å². The van der Waals surface area contributed by atoms with Crippen molar-refractivity contribution < 1.29 is 31.2 Å². The summed E-state index contributed by atoms with van der Waals surface area (Å²) in [5.74, 6) is -3.07. The summed E-state index contributed by atoms with van der Waals surface area (Å²) in [6.45, 7) is 3.93. The van der Waals surface area contributed by atoms with Crippen LogP contribution in [0.1, 0.15) is 20.8 Å². The Labute approximate surface area is 182 Å². The summed E-state index contributed by atoms with van der Waals surface area (Å²) < 4.78 is 72.6. The SMILES string of the molecule is CCSc1cc(N=S(=O)(CC)CC)c[n+]([O-])c1-c1ccc(OCC(F)(F)C(F)F)cn1. The van der Waals surface area contributed by atoms with Crippen molar-refractivity contribution >= 4 is 27.2 Å². The van der Waals surface area contributed by atoms with E-state index in [9.17, 15) is 27.0 Å². The molecule has 0 unspecified atom stereocenters. The fourth-order valence-corrected chi connectivity index (χ4v) is 4.46. The number of ether oxygens (including phenoxy) is 1. The van der Waals surface area contributed by atoms with Gasteiger partial charge < -0.3 is 9.94 Å². The van der Waals surface area contributed by atoms with Gasteiger partial charge in [0.2, 0.25) is 6.20 Å². The van der Waals surface area contributed by atoms with E-state index in [1.807, 2.05) is 6.92 Å². The first-order chi connectivity index (χ1) is 14.5. The molecular formula is C19H23F4N3O3S2. The summed E-state index contributed by atoms with van der Waals surface area (Å²) in [4.78, 5) is 4.61. The summed E-state index contributed by atoms with van der Waals surface area (Å²) in [6, 6.07) is 4.29. The van der Waals surface area contributed by atoms with E-state index in [1.165, 1.54) is 30.1 Å². The van der Waals surface area contributed by atoms with Gasteiger partial charge in [-0.2, -0.15) is 17.9 Å². The highest BCUT2D eigenvalue weighted by Crippen LogP contribution is 2.32. The maximum Gasteiger partial charge on any atom is 0.340 e. The summed E-state index contributed by atoms with van der Waals surface area (Å²) >= 11 is 1.36. The second-order valence-corrected chi connectivity index (χ2v) is 10.5. The van der Waals surface area contributed by atoms with Crippen molar-refractivity contribution in [1.82, 2.24) is 4.98 Å². The van der Waals surface area contributed by atoms with Gasteiger partial charge in [0.25, 0.3) is 5.69 Å². The van der Waals surface area contributed by atoms with Gasteiger partial charge in [-0.3, -0.25) is 0 Å². The Hall–Kier alpha value is -2.08. The minimum absolute atomic E-state index is 0.136. The average Bonchev–Trinajstić information content (AvgIpc) is 2.73. The highest BCUT2D eigenvalue weighted by atomic mass is 32.2. The molecule has 0 N–H and O–H groups in total. The van der Waals surface area contributed by atoms with Gasteiger partial charge in [0.15, 0.2) is 6.61 Å². The Bertz CT molecular complexity index is 1000. The molecule has 0 saturated carbocycles. The molecule has 0 amide bonds. The minimum atomic E-state index is -4.28. The van der Waals surface area contributed by atoms with Gasteiger partial charge in [-0.15, -0.1) is 11.8 Å². The summed E-state index contributed by atoms with van der Waals surface area (Å²) in [5, 5.41) is 12.7. The van der Waals surface area contributed by atoms with Crippen LogP contribution in [0.25, 0.3) is 11.4 Å². The van der Waals surface area contributed by atoms with E-state index in [2.05, 4.69) is 9.35 Å². The molecule has 0 atom stereocenters. The molecule has 2 aromatic heterocycles. The predicted molar refractivity (Wildman–Crippen MR) is 113 cm³/mol. The highest BCUT2D eigenvalue weighted by molar-refractivity contribution is 7.99. The number of pyridine rings is 2. The van der Waals surface area contributed by atoms with E-state index in [4.69, 9.17) is 4.74 Å². The summed E-state index contributed by atoms with van der Waals surface area (Å²) in [6.07, 6.45) is -1.56. The summed E-state index contributed by atoms with van der Waals surface area (Å²) in [5.41, 5.74) is 0.726.